The monoisotopic (exact) mass is 343 g/mol. The smallest absolute Gasteiger partial charge is 0.160 e. The summed E-state index contributed by atoms with van der Waals surface area (Å²) in [6.45, 7) is 0.998. The van der Waals surface area contributed by atoms with E-state index in [9.17, 15) is 5.11 Å². The van der Waals surface area contributed by atoms with Gasteiger partial charge in [-0.25, -0.2) is 0 Å². The summed E-state index contributed by atoms with van der Waals surface area (Å²) >= 11 is 6.53. The first-order valence-corrected chi connectivity index (χ1v) is 8.79. The van der Waals surface area contributed by atoms with Crippen LogP contribution in [0.2, 0.25) is 5.02 Å². The molecule has 0 bridgehead atoms. The fourth-order valence-electron chi connectivity index (χ4n) is 4.33. The SMILES string of the molecule is COc1cc2c(cc1O)C(C1(c3ccccc3Cl)CC1)N(C)CC2. The van der Waals surface area contributed by atoms with Gasteiger partial charge >= 0.3 is 0 Å². The highest BCUT2D eigenvalue weighted by Gasteiger charge is 2.54. The normalized spacial score (nSPS) is 22.0. The second-order valence-corrected chi connectivity index (χ2v) is 7.40. The van der Waals surface area contributed by atoms with E-state index in [1.54, 1.807) is 7.11 Å². The Kier molecular flexibility index (Phi) is 3.74. The molecule has 24 heavy (non-hydrogen) atoms. The first-order valence-electron chi connectivity index (χ1n) is 8.42. The van der Waals surface area contributed by atoms with Crippen molar-refractivity contribution in [3.8, 4) is 11.5 Å². The molecule has 1 saturated carbocycles. The van der Waals surface area contributed by atoms with Crippen molar-refractivity contribution in [3.05, 3.63) is 58.1 Å². The first kappa shape index (κ1) is 15.8. The highest BCUT2D eigenvalue weighted by molar-refractivity contribution is 6.31. The molecule has 1 fully saturated rings. The topological polar surface area (TPSA) is 32.7 Å². The van der Waals surface area contributed by atoms with E-state index in [1.807, 2.05) is 24.3 Å². The Bertz CT molecular complexity index is 785. The predicted molar refractivity (Wildman–Crippen MR) is 96.1 cm³/mol. The van der Waals surface area contributed by atoms with Crippen LogP contribution in [0.3, 0.4) is 0 Å². The van der Waals surface area contributed by atoms with Gasteiger partial charge in [0.15, 0.2) is 11.5 Å². The fourth-order valence-corrected chi connectivity index (χ4v) is 4.66. The Morgan fingerprint density at radius 1 is 1.25 bits per heavy atom. The van der Waals surface area contributed by atoms with Crippen molar-refractivity contribution in [3.63, 3.8) is 0 Å². The van der Waals surface area contributed by atoms with E-state index in [2.05, 4.69) is 24.1 Å². The molecular weight excluding hydrogens is 322 g/mol. The van der Waals surface area contributed by atoms with E-state index in [0.717, 1.165) is 30.8 Å². The summed E-state index contributed by atoms with van der Waals surface area (Å²) in [4.78, 5) is 2.41. The molecule has 0 amide bonds. The number of halogens is 1. The van der Waals surface area contributed by atoms with Crippen molar-refractivity contribution >= 4 is 11.6 Å². The van der Waals surface area contributed by atoms with E-state index in [-0.39, 0.29) is 17.2 Å². The highest BCUT2D eigenvalue weighted by Crippen LogP contribution is 2.61. The van der Waals surface area contributed by atoms with Crippen LogP contribution >= 0.6 is 11.6 Å². The van der Waals surface area contributed by atoms with Crippen LogP contribution < -0.4 is 4.74 Å². The number of hydrogen-bond acceptors (Lipinski definition) is 3. The van der Waals surface area contributed by atoms with Crippen LogP contribution in [-0.4, -0.2) is 30.7 Å². The zero-order valence-electron chi connectivity index (χ0n) is 14.1. The molecule has 1 N–H and O–H groups in total. The summed E-state index contributed by atoms with van der Waals surface area (Å²) in [6.07, 6.45) is 3.22. The molecule has 2 aliphatic rings. The maximum absolute atomic E-state index is 10.3. The minimum Gasteiger partial charge on any atom is -0.504 e. The van der Waals surface area contributed by atoms with Crippen LogP contribution in [0.15, 0.2) is 36.4 Å². The number of ether oxygens (including phenoxy) is 1. The third-order valence-corrected chi connectivity index (χ3v) is 5.96. The lowest BCUT2D eigenvalue weighted by atomic mass is 9.78. The summed E-state index contributed by atoms with van der Waals surface area (Å²) in [5, 5.41) is 11.2. The molecule has 126 valence electrons. The van der Waals surface area contributed by atoms with Crippen molar-refractivity contribution in [2.24, 2.45) is 0 Å². The second-order valence-electron chi connectivity index (χ2n) is 6.99. The largest absolute Gasteiger partial charge is 0.504 e. The van der Waals surface area contributed by atoms with Gasteiger partial charge in [-0.2, -0.15) is 0 Å². The Hall–Kier alpha value is -1.71. The number of phenolic OH excluding ortho intramolecular Hbond substituents is 1. The predicted octanol–water partition coefficient (Wildman–Crippen LogP) is 4.32. The van der Waals surface area contributed by atoms with Crippen LogP contribution in [-0.2, 0) is 11.8 Å². The van der Waals surface area contributed by atoms with Gasteiger partial charge in [0, 0.05) is 23.0 Å². The lowest BCUT2D eigenvalue weighted by Gasteiger charge is -2.41. The Labute approximate surface area is 147 Å². The Morgan fingerprint density at radius 3 is 2.67 bits per heavy atom. The summed E-state index contributed by atoms with van der Waals surface area (Å²) < 4.78 is 5.29. The molecule has 1 unspecified atom stereocenters. The number of phenols is 1. The minimum atomic E-state index is 0.0449. The van der Waals surface area contributed by atoms with E-state index < -0.39 is 0 Å². The Morgan fingerprint density at radius 2 is 2.00 bits per heavy atom. The van der Waals surface area contributed by atoms with E-state index in [1.165, 1.54) is 16.7 Å². The molecule has 0 radical (unpaired) electrons. The lowest BCUT2D eigenvalue weighted by Crippen LogP contribution is -2.39. The molecule has 0 saturated heterocycles. The summed E-state index contributed by atoms with van der Waals surface area (Å²) in [5.74, 6) is 0.770. The Balaban J connectivity index is 1.85. The van der Waals surface area contributed by atoms with Gasteiger partial charge in [-0.15, -0.1) is 0 Å². The third kappa shape index (κ3) is 2.30. The zero-order chi connectivity index (χ0) is 16.9. The van der Waals surface area contributed by atoms with Gasteiger partial charge in [-0.3, -0.25) is 4.90 Å². The number of benzene rings is 2. The molecule has 1 atom stereocenters. The molecule has 4 rings (SSSR count). The van der Waals surface area contributed by atoms with Gasteiger partial charge < -0.3 is 9.84 Å². The highest BCUT2D eigenvalue weighted by atomic mass is 35.5. The molecule has 1 aliphatic carbocycles. The van der Waals surface area contributed by atoms with Crippen LogP contribution in [0, 0.1) is 0 Å². The van der Waals surface area contributed by atoms with Gasteiger partial charge in [-0.1, -0.05) is 29.8 Å². The van der Waals surface area contributed by atoms with Crippen molar-refractivity contribution < 1.29 is 9.84 Å². The maximum atomic E-state index is 10.3. The minimum absolute atomic E-state index is 0.0449. The van der Waals surface area contributed by atoms with E-state index >= 15 is 0 Å². The molecular formula is C20H22ClNO2. The fraction of sp³-hybridized carbons (Fsp3) is 0.400. The van der Waals surface area contributed by atoms with Gasteiger partial charge in [0.05, 0.1) is 7.11 Å². The quantitative estimate of drug-likeness (QED) is 0.901. The molecule has 2 aromatic rings. The van der Waals surface area contributed by atoms with Gasteiger partial charge in [-0.05, 0) is 61.2 Å². The molecule has 0 spiro atoms. The number of aromatic hydroxyl groups is 1. The second kappa shape index (κ2) is 5.68. The number of nitrogens with zero attached hydrogens (tertiary/aromatic N) is 1. The van der Waals surface area contributed by atoms with Crippen LogP contribution in [0.5, 0.6) is 11.5 Å². The van der Waals surface area contributed by atoms with Crippen LogP contribution in [0.25, 0.3) is 0 Å². The molecule has 2 aromatic carbocycles. The maximum Gasteiger partial charge on any atom is 0.160 e. The van der Waals surface area contributed by atoms with E-state index in [0.29, 0.717) is 5.75 Å². The molecule has 0 aromatic heterocycles. The lowest BCUT2D eigenvalue weighted by molar-refractivity contribution is 0.187. The summed E-state index contributed by atoms with van der Waals surface area (Å²) in [7, 11) is 3.77. The van der Waals surface area contributed by atoms with Gasteiger partial charge in [0.25, 0.3) is 0 Å². The average Bonchev–Trinajstić information content (AvgIpc) is 3.36. The van der Waals surface area contributed by atoms with Crippen LogP contribution in [0.1, 0.15) is 35.6 Å². The third-order valence-electron chi connectivity index (χ3n) is 5.63. The zero-order valence-corrected chi connectivity index (χ0v) is 14.8. The van der Waals surface area contributed by atoms with Crippen molar-refractivity contribution in [2.75, 3.05) is 20.7 Å². The number of fused-ring (bicyclic) bond motifs is 1. The van der Waals surface area contributed by atoms with Gasteiger partial charge in [0.1, 0.15) is 0 Å². The van der Waals surface area contributed by atoms with Crippen molar-refractivity contribution in [1.29, 1.82) is 0 Å². The molecule has 3 nitrogen and oxygen atoms in total. The standard InChI is InChI=1S/C20H22ClNO2/c1-22-10-7-13-11-18(24-2)17(23)12-14(13)19(22)20(8-9-20)15-5-3-4-6-16(15)21/h3-6,11-12,19,23H,7-10H2,1-2H3. The number of methoxy groups -OCH3 is 1. The molecule has 1 aliphatic heterocycles. The summed E-state index contributed by atoms with van der Waals surface area (Å²) in [5.41, 5.74) is 3.75. The summed E-state index contributed by atoms with van der Waals surface area (Å²) in [6, 6.07) is 12.3. The molecule has 4 heteroatoms. The number of hydrogen-bond donors (Lipinski definition) is 1. The first-order chi connectivity index (χ1) is 11.6. The van der Waals surface area contributed by atoms with Crippen molar-refractivity contribution in [1.82, 2.24) is 4.90 Å². The molecule has 1 heterocycles. The number of rotatable bonds is 3. The van der Waals surface area contributed by atoms with Crippen molar-refractivity contribution in [2.45, 2.75) is 30.7 Å². The average molecular weight is 344 g/mol. The number of likely N-dealkylation sites (N-methyl/N-ethyl adjacent to an activating group) is 1. The van der Waals surface area contributed by atoms with Gasteiger partial charge in [0.2, 0.25) is 0 Å². The van der Waals surface area contributed by atoms with Crippen LogP contribution in [0.4, 0.5) is 0 Å². The van der Waals surface area contributed by atoms with E-state index in [4.69, 9.17) is 16.3 Å².